The molecule has 0 fully saturated rings. The maximum Gasteiger partial charge on any atom is 0.326 e. The number of rotatable bonds is 4. The second-order valence-electron chi connectivity index (χ2n) is 5.26. The molecule has 0 aliphatic carbocycles. The Morgan fingerprint density at radius 1 is 1.35 bits per heavy atom. The van der Waals surface area contributed by atoms with Crippen molar-refractivity contribution in [1.82, 2.24) is 0 Å². The molecular formula is C15H18NO3S+. The number of hydrogen-bond donors (Lipinski definition) is 1. The molecule has 0 bridgehead atoms. The maximum atomic E-state index is 11.3. The van der Waals surface area contributed by atoms with Crippen molar-refractivity contribution >= 4 is 21.5 Å². The molecule has 0 atom stereocenters. The summed E-state index contributed by atoms with van der Waals surface area (Å²) in [6, 6.07) is 7.61. The standard InChI is InChI=1S/C15H17NO3S/c1-4-5-10-14-15(2,3)12-8-6-7-9-13(12)16(14)11-20(17,18)19/h4-10H,1,11H2,2-3H3/p+1/b10-5+. The highest BCUT2D eigenvalue weighted by molar-refractivity contribution is 7.85. The van der Waals surface area contributed by atoms with Gasteiger partial charge < -0.3 is 0 Å². The second-order valence-corrected chi connectivity index (χ2v) is 6.68. The van der Waals surface area contributed by atoms with E-state index < -0.39 is 16.0 Å². The molecule has 4 nitrogen and oxygen atoms in total. The Bertz CT molecular complexity index is 712. The summed E-state index contributed by atoms with van der Waals surface area (Å²) in [7, 11) is -4.11. The molecule has 0 unspecified atom stereocenters. The molecule has 0 radical (unpaired) electrons. The van der Waals surface area contributed by atoms with Crippen LogP contribution in [0.25, 0.3) is 0 Å². The average molecular weight is 292 g/mol. The fourth-order valence-electron chi connectivity index (χ4n) is 2.60. The van der Waals surface area contributed by atoms with Crippen molar-refractivity contribution in [1.29, 1.82) is 0 Å². The molecule has 20 heavy (non-hydrogen) atoms. The molecule has 0 saturated carbocycles. The maximum absolute atomic E-state index is 11.3. The van der Waals surface area contributed by atoms with Gasteiger partial charge in [-0.2, -0.15) is 13.0 Å². The van der Waals surface area contributed by atoms with Crippen LogP contribution in [0.3, 0.4) is 0 Å². The summed E-state index contributed by atoms with van der Waals surface area (Å²) in [6.07, 6.45) is 5.23. The number of fused-ring (bicyclic) bond motifs is 1. The zero-order valence-electron chi connectivity index (χ0n) is 11.6. The smallest absolute Gasteiger partial charge is 0.281 e. The quantitative estimate of drug-likeness (QED) is 0.527. The van der Waals surface area contributed by atoms with Gasteiger partial charge >= 0.3 is 10.1 Å². The third-order valence-corrected chi connectivity index (χ3v) is 4.07. The van der Waals surface area contributed by atoms with E-state index in [9.17, 15) is 13.0 Å². The Hall–Kier alpha value is -1.72. The fourth-order valence-corrected chi connectivity index (χ4v) is 3.21. The molecule has 0 aromatic heterocycles. The number of benzene rings is 1. The summed E-state index contributed by atoms with van der Waals surface area (Å²) in [5.74, 6) is -0.454. The Morgan fingerprint density at radius 2 is 2.00 bits per heavy atom. The molecule has 5 heteroatoms. The summed E-state index contributed by atoms with van der Waals surface area (Å²) >= 11 is 0. The van der Waals surface area contributed by atoms with Crippen molar-refractivity contribution in [2.24, 2.45) is 0 Å². The van der Waals surface area contributed by atoms with Gasteiger partial charge in [0.2, 0.25) is 5.69 Å². The summed E-state index contributed by atoms with van der Waals surface area (Å²) in [5.41, 5.74) is 2.32. The highest BCUT2D eigenvalue weighted by atomic mass is 32.2. The van der Waals surface area contributed by atoms with E-state index in [0.29, 0.717) is 0 Å². The van der Waals surface area contributed by atoms with Crippen molar-refractivity contribution in [3.05, 3.63) is 54.6 Å². The first-order chi connectivity index (χ1) is 9.27. The molecule has 1 aromatic carbocycles. The van der Waals surface area contributed by atoms with E-state index in [2.05, 4.69) is 6.58 Å². The molecule has 2 rings (SSSR count). The average Bonchev–Trinajstić information content (AvgIpc) is 2.55. The Morgan fingerprint density at radius 3 is 2.60 bits per heavy atom. The van der Waals surface area contributed by atoms with Crippen molar-refractivity contribution in [3.8, 4) is 0 Å². The molecule has 1 aliphatic rings. The predicted octanol–water partition coefficient (Wildman–Crippen LogP) is 2.65. The van der Waals surface area contributed by atoms with E-state index in [4.69, 9.17) is 0 Å². The highest BCUT2D eigenvalue weighted by Crippen LogP contribution is 2.39. The molecule has 106 valence electrons. The Balaban J connectivity index is 2.69. The number of nitrogens with zero attached hydrogens (tertiary/aromatic N) is 1. The Kier molecular flexibility index (Phi) is 3.67. The van der Waals surface area contributed by atoms with Gasteiger partial charge in [-0.3, -0.25) is 4.55 Å². The van der Waals surface area contributed by atoms with Crippen LogP contribution in [-0.2, 0) is 15.5 Å². The minimum absolute atomic E-state index is 0.333. The topological polar surface area (TPSA) is 57.4 Å². The van der Waals surface area contributed by atoms with Gasteiger partial charge in [-0.1, -0.05) is 36.9 Å². The molecule has 0 saturated heterocycles. The first-order valence-corrected chi connectivity index (χ1v) is 7.87. The third kappa shape index (κ3) is 2.59. The first kappa shape index (κ1) is 14.7. The Labute approximate surface area is 119 Å². The van der Waals surface area contributed by atoms with E-state index in [-0.39, 0.29) is 5.41 Å². The first-order valence-electron chi connectivity index (χ1n) is 6.26. The van der Waals surface area contributed by atoms with Crippen LogP contribution in [0.1, 0.15) is 19.4 Å². The molecular weight excluding hydrogens is 274 g/mol. The number of hydrogen-bond acceptors (Lipinski definition) is 2. The summed E-state index contributed by atoms with van der Waals surface area (Å²) in [4.78, 5) is 0. The molecule has 0 amide bonds. The summed E-state index contributed by atoms with van der Waals surface area (Å²) < 4.78 is 33.4. The lowest BCUT2D eigenvalue weighted by atomic mass is 9.81. The monoisotopic (exact) mass is 292 g/mol. The molecule has 1 N–H and O–H groups in total. The third-order valence-electron chi connectivity index (χ3n) is 3.48. The number of para-hydroxylation sites is 1. The number of allylic oxidation sites excluding steroid dienone is 3. The predicted molar refractivity (Wildman–Crippen MR) is 80.1 cm³/mol. The normalized spacial score (nSPS) is 17.6. The summed E-state index contributed by atoms with van der Waals surface area (Å²) in [5, 5.41) is 0. The van der Waals surface area contributed by atoms with Gasteiger partial charge in [-0.05, 0) is 13.8 Å². The van der Waals surface area contributed by atoms with E-state index >= 15 is 0 Å². The van der Waals surface area contributed by atoms with Gasteiger partial charge in [-0.15, -0.1) is 0 Å². The van der Waals surface area contributed by atoms with E-state index in [1.807, 2.05) is 44.2 Å². The minimum Gasteiger partial charge on any atom is -0.281 e. The van der Waals surface area contributed by atoms with Gasteiger partial charge in [-0.25, -0.2) is 0 Å². The van der Waals surface area contributed by atoms with E-state index in [1.165, 1.54) is 0 Å². The van der Waals surface area contributed by atoms with Crippen LogP contribution < -0.4 is 0 Å². The lowest BCUT2D eigenvalue weighted by Crippen LogP contribution is -2.29. The fraction of sp³-hybridized carbons (Fsp3) is 0.267. The zero-order valence-corrected chi connectivity index (χ0v) is 12.4. The van der Waals surface area contributed by atoms with Gasteiger partial charge in [0.25, 0.3) is 5.88 Å². The van der Waals surface area contributed by atoms with Crippen molar-refractivity contribution in [2.45, 2.75) is 19.3 Å². The molecule has 1 heterocycles. The SMILES string of the molecule is C=C/C=C/C1=[N+](CS(=O)(=O)O)c2ccccc2C1(C)C. The van der Waals surface area contributed by atoms with Crippen LogP contribution in [0.15, 0.2) is 49.1 Å². The second kappa shape index (κ2) is 5.00. The summed E-state index contributed by atoms with van der Waals surface area (Å²) in [6.45, 7) is 7.68. The van der Waals surface area contributed by atoms with Crippen LogP contribution in [0.5, 0.6) is 0 Å². The van der Waals surface area contributed by atoms with E-state index in [1.54, 1.807) is 16.7 Å². The molecule has 1 aliphatic heterocycles. The van der Waals surface area contributed by atoms with Crippen LogP contribution in [0.4, 0.5) is 5.69 Å². The largest absolute Gasteiger partial charge is 0.326 e. The molecule has 0 spiro atoms. The van der Waals surface area contributed by atoms with Gasteiger partial charge in [0, 0.05) is 17.7 Å². The van der Waals surface area contributed by atoms with Gasteiger partial charge in [0.15, 0.2) is 5.71 Å². The minimum atomic E-state index is -4.11. The molecule has 1 aromatic rings. The lowest BCUT2D eigenvalue weighted by Gasteiger charge is -2.15. The van der Waals surface area contributed by atoms with Gasteiger partial charge in [0.1, 0.15) is 0 Å². The van der Waals surface area contributed by atoms with Gasteiger partial charge in [0.05, 0.1) is 5.41 Å². The van der Waals surface area contributed by atoms with E-state index in [0.717, 1.165) is 17.0 Å². The highest BCUT2D eigenvalue weighted by Gasteiger charge is 2.45. The lowest BCUT2D eigenvalue weighted by molar-refractivity contribution is -0.416. The van der Waals surface area contributed by atoms with Crippen LogP contribution in [0, 0.1) is 0 Å². The van der Waals surface area contributed by atoms with Crippen molar-refractivity contribution in [3.63, 3.8) is 0 Å². The zero-order chi connectivity index (χ0) is 15.0. The van der Waals surface area contributed by atoms with Crippen LogP contribution >= 0.6 is 0 Å². The van der Waals surface area contributed by atoms with Crippen LogP contribution in [0.2, 0.25) is 0 Å². The van der Waals surface area contributed by atoms with Crippen molar-refractivity contribution < 1.29 is 17.5 Å². The van der Waals surface area contributed by atoms with Crippen LogP contribution in [-0.4, -0.2) is 29.1 Å². The van der Waals surface area contributed by atoms with Crippen molar-refractivity contribution in [2.75, 3.05) is 5.88 Å².